The third-order valence-corrected chi connectivity index (χ3v) is 7.08. The molecule has 0 aromatic heterocycles. The van der Waals surface area contributed by atoms with Gasteiger partial charge < -0.3 is 10.0 Å². The van der Waals surface area contributed by atoms with Gasteiger partial charge in [0.05, 0.1) is 11.4 Å². The highest BCUT2D eigenvalue weighted by molar-refractivity contribution is 7.90. The Morgan fingerprint density at radius 1 is 0.971 bits per heavy atom. The number of sulfonamides is 1. The summed E-state index contributed by atoms with van der Waals surface area (Å²) in [4.78, 5) is 1.53. The summed E-state index contributed by atoms with van der Waals surface area (Å²) in [7, 11) is -0.750. The Morgan fingerprint density at radius 3 is 2.09 bits per heavy atom. The highest BCUT2D eigenvalue weighted by Crippen LogP contribution is 2.34. The zero-order valence-electron chi connectivity index (χ0n) is 18.4. The molecular weight excluding hydrogens is 495 g/mol. The molecule has 1 atom stereocenters. The average Bonchev–Trinajstić information content (AvgIpc) is 3.17. The van der Waals surface area contributed by atoms with Crippen molar-refractivity contribution < 1.29 is 13.5 Å². The van der Waals surface area contributed by atoms with Crippen LogP contribution in [0.25, 0.3) is 0 Å². The quantitative estimate of drug-likeness (QED) is 0.414. The molecule has 0 saturated carbocycles. The molecule has 1 unspecified atom stereocenters. The number of aliphatic hydroxyl groups is 1. The van der Waals surface area contributed by atoms with Crippen LogP contribution in [0.15, 0.2) is 93.3 Å². The third-order valence-electron chi connectivity index (χ3n) is 5.30. The van der Waals surface area contributed by atoms with E-state index in [1.54, 1.807) is 50.5 Å². The van der Waals surface area contributed by atoms with Crippen LogP contribution in [0, 0.1) is 0 Å². The molecule has 176 valence electrons. The van der Waals surface area contributed by atoms with Crippen molar-refractivity contribution >= 4 is 44.9 Å². The van der Waals surface area contributed by atoms with Crippen molar-refractivity contribution in [3.8, 4) is 0 Å². The van der Waals surface area contributed by atoms with Crippen LogP contribution in [0.2, 0.25) is 10.0 Å². The Kier molecular flexibility index (Phi) is 6.69. The number of β-amino-alcohol motifs (C(OH)–C–C–N with tert-alkyl or cyclic N) is 1. The first-order valence-electron chi connectivity index (χ1n) is 10.3. The van der Waals surface area contributed by atoms with Gasteiger partial charge in [-0.15, -0.1) is 4.40 Å². The van der Waals surface area contributed by atoms with Crippen molar-refractivity contribution in [3.63, 3.8) is 0 Å². The van der Waals surface area contributed by atoms with Crippen molar-refractivity contribution in [3.05, 3.63) is 100 Å². The second-order valence-electron chi connectivity index (χ2n) is 7.95. The van der Waals surface area contributed by atoms with Gasteiger partial charge in [-0.2, -0.15) is 13.5 Å². The van der Waals surface area contributed by atoms with E-state index in [-0.39, 0.29) is 17.4 Å². The van der Waals surface area contributed by atoms with E-state index in [1.165, 1.54) is 34.2 Å². The number of rotatable bonds is 4. The van der Waals surface area contributed by atoms with Crippen molar-refractivity contribution in [2.24, 2.45) is 9.50 Å². The molecule has 1 heterocycles. The van der Waals surface area contributed by atoms with Crippen molar-refractivity contribution in [1.82, 2.24) is 9.91 Å². The predicted molar refractivity (Wildman–Crippen MR) is 135 cm³/mol. The van der Waals surface area contributed by atoms with Gasteiger partial charge in [0.2, 0.25) is 5.96 Å². The summed E-state index contributed by atoms with van der Waals surface area (Å²) in [6.45, 7) is -0.0396. The number of nitrogens with zero attached hydrogens (tertiary/aromatic N) is 4. The van der Waals surface area contributed by atoms with E-state index >= 15 is 0 Å². The van der Waals surface area contributed by atoms with Gasteiger partial charge in [0.25, 0.3) is 10.0 Å². The summed E-state index contributed by atoms with van der Waals surface area (Å²) in [5.74, 6) is 0.0493. The second-order valence-corrected chi connectivity index (χ2v) is 10.4. The van der Waals surface area contributed by atoms with E-state index in [0.717, 1.165) is 0 Å². The monoisotopic (exact) mass is 516 g/mol. The fourth-order valence-electron chi connectivity index (χ4n) is 3.62. The average molecular weight is 517 g/mol. The highest BCUT2D eigenvalue weighted by atomic mass is 35.5. The molecule has 0 aliphatic carbocycles. The largest absolute Gasteiger partial charge is 0.377 e. The minimum absolute atomic E-state index is 0.00401. The van der Waals surface area contributed by atoms with Gasteiger partial charge >= 0.3 is 0 Å². The molecule has 0 fully saturated rings. The normalized spacial score (nSPS) is 18.7. The van der Waals surface area contributed by atoms with Gasteiger partial charge in [-0.1, -0.05) is 65.7 Å². The summed E-state index contributed by atoms with van der Waals surface area (Å²) in [5.41, 5.74) is 0.103. The Balaban J connectivity index is 1.82. The van der Waals surface area contributed by atoms with E-state index in [9.17, 15) is 13.5 Å². The Hall–Kier alpha value is -2.91. The third kappa shape index (κ3) is 4.81. The van der Waals surface area contributed by atoms with Crippen molar-refractivity contribution in [2.75, 3.05) is 20.6 Å². The molecule has 0 spiro atoms. The lowest BCUT2D eigenvalue weighted by Crippen LogP contribution is -2.43. The lowest BCUT2D eigenvalue weighted by molar-refractivity contribution is 0.102. The number of benzene rings is 3. The minimum atomic E-state index is -4.07. The number of hydrazone groups is 1. The Bertz CT molecular complexity index is 1340. The van der Waals surface area contributed by atoms with Gasteiger partial charge in [-0.25, -0.2) is 5.01 Å². The lowest BCUT2D eigenvalue weighted by Gasteiger charge is -2.27. The first-order chi connectivity index (χ1) is 16.1. The number of halogens is 2. The van der Waals surface area contributed by atoms with Crippen LogP contribution >= 0.6 is 23.2 Å². The summed E-state index contributed by atoms with van der Waals surface area (Å²) in [6.07, 6.45) is 0. The first-order valence-corrected chi connectivity index (χ1v) is 12.5. The fourth-order valence-corrected chi connectivity index (χ4v) is 4.93. The molecule has 1 aliphatic rings. The zero-order valence-corrected chi connectivity index (χ0v) is 20.8. The Morgan fingerprint density at radius 2 is 1.53 bits per heavy atom. The highest BCUT2D eigenvalue weighted by Gasteiger charge is 2.45. The van der Waals surface area contributed by atoms with Crippen LogP contribution in [0.5, 0.6) is 0 Å². The standard InChI is InChI=1S/C24H22Cl2N4O3S/c1-29(2)23(28-34(32,33)21-14-12-20(26)13-15-21)30-16-24(31,18-6-4-3-5-7-18)22(27-30)17-8-10-19(25)11-9-17/h3-15,31H,16H2,1-2H3/b28-23+. The van der Waals surface area contributed by atoms with E-state index in [1.807, 2.05) is 18.2 Å². The molecule has 0 amide bonds. The molecule has 0 saturated heterocycles. The fraction of sp³-hybridized carbons (Fsp3) is 0.167. The topological polar surface area (TPSA) is 85.6 Å². The molecule has 3 aromatic carbocycles. The summed E-state index contributed by atoms with van der Waals surface area (Å²) >= 11 is 11.9. The molecule has 10 heteroatoms. The van der Waals surface area contributed by atoms with E-state index < -0.39 is 15.6 Å². The van der Waals surface area contributed by atoms with Crippen LogP contribution < -0.4 is 0 Å². The van der Waals surface area contributed by atoms with Crippen molar-refractivity contribution in [1.29, 1.82) is 0 Å². The molecule has 34 heavy (non-hydrogen) atoms. The van der Waals surface area contributed by atoms with E-state index in [4.69, 9.17) is 23.2 Å². The number of guanidine groups is 1. The molecule has 7 nitrogen and oxygen atoms in total. The summed E-state index contributed by atoms with van der Waals surface area (Å²) in [6, 6.07) is 21.8. The summed E-state index contributed by atoms with van der Waals surface area (Å²) in [5, 5.41) is 18.8. The van der Waals surface area contributed by atoms with Crippen LogP contribution in [0.1, 0.15) is 11.1 Å². The Labute approximate surface area is 208 Å². The van der Waals surface area contributed by atoms with Gasteiger partial charge in [-0.3, -0.25) is 0 Å². The molecule has 1 aliphatic heterocycles. The number of hydrogen-bond acceptors (Lipinski definition) is 4. The van der Waals surface area contributed by atoms with Crippen molar-refractivity contribution in [2.45, 2.75) is 10.5 Å². The molecule has 1 N–H and O–H groups in total. The van der Waals surface area contributed by atoms with E-state index in [2.05, 4.69) is 9.50 Å². The minimum Gasteiger partial charge on any atom is -0.377 e. The number of hydrogen-bond donors (Lipinski definition) is 1. The van der Waals surface area contributed by atoms with Gasteiger partial charge in [0.15, 0.2) is 5.60 Å². The first kappa shape index (κ1) is 24.2. The molecule has 0 radical (unpaired) electrons. The maximum Gasteiger partial charge on any atom is 0.285 e. The molecule has 0 bridgehead atoms. The smallest absolute Gasteiger partial charge is 0.285 e. The van der Waals surface area contributed by atoms with Gasteiger partial charge in [-0.05, 0) is 42.0 Å². The zero-order chi connectivity index (χ0) is 24.5. The predicted octanol–water partition coefficient (Wildman–Crippen LogP) is 4.21. The second kappa shape index (κ2) is 9.38. The molecule has 4 rings (SSSR count). The maximum absolute atomic E-state index is 13.0. The van der Waals surface area contributed by atoms with Crippen LogP contribution in [-0.2, 0) is 15.6 Å². The maximum atomic E-state index is 13.0. The SMILES string of the molecule is CN(C)/C(=N\S(=O)(=O)c1ccc(Cl)cc1)N1CC(O)(c2ccccc2)C(c2ccc(Cl)cc2)=N1. The van der Waals surface area contributed by atoms with Crippen LogP contribution in [-0.4, -0.2) is 55.7 Å². The molecular formula is C24H22Cl2N4O3S. The van der Waals surface area contributed by atoms with Crippen LogP contribution in [0.3, 0.4) is 0 Å². The summed E-state index contributed by atoms with van der Waals surface area (Å²) < 4.78 is 30.1. The lowest BCUT2D eigenvalue weighted by atomic mass is 9.86. The van der Waals surface area contributed by atoms with Crippen LogP contribution in [0.4, 0.5) is 0 Å². The van der Waals surface area contributed by atoms with Gasteiger partial charge in [0.1, 0.15) is 5.71 Å². The van der Waals surface area contributed by atoms with E-state index in [0.29, 0.717) is 26.9 Å². The molecule has 3 aromatic rings. The van der Waals surface area contributed by atoms with Gasteiger partial charge in [0, 0.05) is 29.7 Å².